The van der Waals surface area contributed by atoms with Crippen molar-refractivity contribution in [3.63, 3.8) is 0 Å². The molecule has 6 rings (SSSR count). The van der Waals surface area contributed by atoms with Crippen LogP contribution in [0.2, 0.25) is 18.6 Å². The summed E-state index contributed by atoms with van der Waals surface area (Å²) in [5.41, 5.74) is 12.0. The first kappa shape index (κ1) is 47.4. The van der Waals surface area contributed by atoms with E-state index in [0.717, 1.165) is 17.5 Å². The summed E-state index contributed by atoms with van der Waals surface area (Å²) >= 11 is 0. The van der Waals surface area contributed by atoms with Crippen molar-refractivity contribution in [3.05, 3.63) is 52.1 Å². The Morgan fingerprint density at radius 1 is 0.644 bits per heavy atom. The van der Waals surface area contributed by atoms with E-state index in [-0.39, 0.29) is 21.8 Å². The molecule has 0 spiro atoms. The van der Waals surface area contributed by atoms with Crippen LogP contribution >= 0.6 is 0 Å². The lowest BCUT2D eigenvalue weighted by Crippen LogP contribution is -2.65. The molecule has 0 radical (unpaired) electrons. The Morgan fingerprint density at radius 2 is 1.14 bits per heavy atom. The highest BCUT2D eigenvalue weighted by molar-refractivity contribution is 6.76. The fourth-order valence-electron chi connectivity index (χ4n) is 14.7. The Balaban J connectivity index is 1.41. The van der Waals surface area contributed by atoms with Crippen LogP contribution in [-0.4, -0.2) is 24.4 Å². The van der Waals surface area contributed by atoms with E-state index in [4.69, 9.17) is 0 Å². The molecule has 4 unspecified atom stereocenters. The van der Waals surface area contributed by atoms with Crippen LogP contribution in [0.5, 0.6) is 0 Å². The summed E-state index contributed by atoms with van der Waals surface area (Å²) in [5.74, 6) is 2.15. The zero-order valence-corrected chi connectivity index (χ0v) is 42.5. The molecule has 5 aliphatic rings. The molecule has 1 aromatic rings. The predicted octanol–water partition coefficient (Wildman–Crippen LogP) is 18.0. The Kier molecular flexibility index (Phi) is 15.8. The number of unbranched alkanes of at least 4 members (excludes halogenated alkanes) is 14. The Hall–Kier alpha value is -1.12. The molecule has 334 valence electrons. The molecule has 0 heterocycles. The van der Waals surface area contributed by atoms with Gasteiger partial charge in [-0.2, -0.15) is 0 Å². The smallest absolute Gasteiger partial charge is 0.127 e. The molecule has 1 aromatic carbocycles. The maximum absolute atomic E-state index is 3.21. The first-order valence-electron chi connectivity index (χ1n) is 26.4. The lowest BCUT2D eigenvalue weighted by Gasteiger charge is -2.56. The zero-order chi connectivity index (χ0) is 42.6. The van der Waals surface area contributed by atoms with E-state index < -0.39 is 8.24 Å². The van der Waals surface area contributed by atoms with Crippen molar-refractivity contribution in [2.75, 3.05) is 0 Å². The molecule has 0 aliphatic heterocycles. The number of hydrogen-bond acceptors (Lipinski definition) is 1. The Bertz CT molecular complexity index is 1550. The zero-order valence-electron chi connectivity index (χ0n) is 41.5. The first-order chi connectivity index (χ1) is 28.0. The average molecular weight is 824 g/mol. The predicted molar refractivity (Wildman–Crippen MR) is 264 cm³/mol. The monoisotopic (exact) mass is 824 g/mol. The van der Waals surface area contributed by atoms with Gasteiger partial charge in [0.15, 0.2) is 0 Å². The minimum Gasteiger partial charge on any atom is -0.316 e. The minimum atomic E-state index is -1.86. The Morgan fingerprint density at radius 3 is 1.64 bits per heavy atom. The fourth-order valence-corrected chi connectivity index (χ4v) is 20.8. The van der Waals surface area contributed by atoms with Gasteiger partial charge in [-0.25, -0.2) is 0 Å². The van der Waals surface area contributed by atoms with Gasteiger partial charge >= 0.3 is 0 Å². The minimum absolute atomic E-state index is 0.178. The van der Waals surface area contributed by atoms with Gasteiger partial charge < -0.3 is 4.57 Å². The van der Waals surface area contributed by atoms with Gasteiger partial charge in [-0.15, -0.1) is 0 Å². The largest absolute Gasteiger partial charge is 0.316 e. The molecular formula is C57H97NSi. The quantitative estimate of drug-likeness (QED) is 0.0882. The molecule has 0 amide bonds. The van der Waals surface area contributed by atoms with Gasteiger partial charge in [0, 0.05) is 17.0 Å². The van der Waals surface area contributed by atoms with Gasteiger partial charge in [0.05, 0.1) is 0 Å². The van der Waals surface area contributed by atoms with Crippen molar-refractivity contribution in [1.29, 1.82) is 0 Å². The fraction of sp³-hybridized carbons (Fsp3) is 0.825. The van der Waals surface area contributed by atoms with E-state index in [1.165, 1.54) is 167 Å². The maximum Gasteiger partial charge on any atom is 0.127 e. The number of fused-ring (bicyclic) bond motifs is 5. The molecule has 0 saturated heterocycles. The molecule has 1 nitrogen and oxygen atoms in total. The summed E-state index contributed by atoms with van der Waals surface area (Å²) in [6.07, 6.45) is 42.4. The standard InChI is InChI=1S/C57H97NSi/c1-13-15-17-19-21-23-25-30-34-57(35-31-26-24-22-20-18-16-14-2)49-39-44-38-43(3)53(59(11,12)58(54(4,5)6)45-32-28-27-29-33-45)46(44)40-47(49)48-41-51-52(42-50(48)57)56(9,10)37-36-55(51,7)8/h39-46,53H,13-38H2,1-12H3. The normalized spacial score (nSPS) is 26.0. The van der Waals surface area contributed by atoms with Crippen LogP contribution in [-0.2, 0) is 16.2 Å². The van der Waals surface area contributed by atoms with E-state index in [2.05, 4.69) is 111 Å². The summed E-state index contributed by atoms with van der Waals surface area (Å²) in [4.78, 5) is 0. The first-order valence-corrected chi connectivity index (χ1v) is 29.5. The van der Waals surface area contributed by atoms with Gasteiger partial charge in [-0.3, -0.25) is 0 Å². The number of hydrogen-bond donors (Lipinski definition) is 0. The summed E-state index contributed by atoms with van der Waals surface area (Å²) < 4.78 is 3.21. The molecule has 0 N–H and O–H groups in total. The van der Waals surface area contributed by atoms with E-state index in [9.17, 15) is 0 Å². The number of nitrogens with zero attached hydrogens (tertiary/aromatic N) is 1. The second-order valence-corrected chi connectivity index (χ2v) is 28.8. The molecular weight excluding hydrogens is 727 g/mol. The molecule has 0 aromatic heterocycles. The van der Waals surface area contributed by atoms with E-state index in [1.54, 1.807) is 27.8 Å². The van der Waals surface area contributed by atoms with Crippen LogP contribution in [0.4, 0.5) is 0 Å². The maximum atomic E-state index is 3.21. The number of rotatable bonds is 21. The third-order valence-corrected chi connectivity index (χ3v) is 22.4. The second kappa shape index (κ2) is 19.7. The van der Waals surface area contributed by atoms with Crippen molar-refractivity contribution < 1.29 is 0 Å². The van der Waals surface area contributed by atoms with Gasteiger partial charge in [-0.05, 0) is 133 Å². The van der Waals surface area contributed by atoms with Gasteiger partial charge in [-0.1, -0.05) is 208 Å². The topological polar surface area (TPSA) is 3.24 Å². The highest BCUT2D eigenvalue weighted by atomic mass is 28.3. The summed E-state index contributed by atoms with van der Waals surface area (Å²) in [5, 5.41) is 0. The third kappa shape index (κ3) is 10.2. The van der Waals surface area contributed by atoms with Crippen molar-refractivity contribution in [1.82, 2.24) is 4.57 Å². The lowest BCUT2D eigenvalue weighted by molar-refractivity contribution is 0.139. The molecule has 2 fully saturated rings. The average Bonchev–Trinajstić information content (AvgIpc) is 3.64. The van der Waals surface area contributed by atoms with E-state index in [0.29, 0.717) is 11.8 Å². The lowest BCUT2D eigenvalue weighted by atomic mass is 9.61. The van der Waals surface area contributed by atoms with Gasteiger partial charge in [0.2, 0.25) is 0 Å². The molecule has 5 aliphatic carbocycles. The Labute approximate surface area is 369 Å². The van der Waals surface area contributed by atoms with Crippen LogP contribution < -0.4 is 0 Å². The number of benzene rings is 1. The molecule has 2 heteroatoms. The molecule has 59 heavy (non-hydrogen) atoms. The van der Waals surface area contributed by atoms with Crippen molar-refractivity contribution in [2.24, 2.45) is 17.8 Å². The van der Waals surface area contributed by atoms with Crippen LogP contribution in [0.1, 0.15) is 258 Å². The second-order valence-electron chi connectivity index (χ2n) is 24.4. The number of allylic oxidation sites excluding steroid dienone is 4. The van der Waals surface area contributed by atoms with E-state index >= 15 is 0 Å². The SMILES string of the molecule is CCCCCCCCCCC1(CCCCCCCCCC)C2=CC3CC(C)C([Si](C)(C)N(C4CCCCC4)C(C)(C)C)C3C=C2c2cc3c(cc21)C(C)(C)CCC3(C)C. The van der Waals surface area contributed by atoms with Crippen molar-refractivity contribution >= 4 is 13.8 Å². The summed E-state index contributed by atoms with van der Waals surface area (Å²) in [7, 11) is -1.86. The van der Waals surface area contributed by atoms with Crippen molar-refractivity contribution in [3.8, 4) is 0 Å². The van der Waals surface area contributed by atoms with E-state index in [1.807, 2.05) is 5.57 Å². The third-order valence-electron chi connectivity index (χ3n) is 17.5. The van der Waals surface area contributed by atoms with Crippen LogP contribution in [0.25, 0.3) is 5.57 Å². The molecule has 4 atom stereocenters. The van der Waals surface area contributed by atoms with Crippen molar-refractivity contribution in [2.45, 2.75) is 283 Å². The molecule has 0 bridgehead atoms. The van der Waals surface area contributed by atoms with Gasteiger partial charge in [0.25, 0.3) is 0 Å². The summed E-state index contributed by atoms with van der Waals surface area (Å²) in [6.45, 7) is 31.0. The van der Waals surface area contributed by atoms with Crippen LogP contribution in [0, 0.1) is 17.8 Å². The van der Waals surface area contributed by atoms with Crippen LogP contribution in [0.15, 0.2) is 29.9 Å². The molecule has 2 saturated carbocycles. The highest BCUT2D eigenvalue weighted by Crippen LogP contribution is 2.64. The highest BCUT2D eigenvalue weighted by Gasteiger charge is 2.57. The van der Waals surface area contributed by atoms with Crippen LogP contribution in [0.3, 0.4) is 0 Å². The summed E-state index contributed by atoms with van der Waals surface area (Å²) in [6, 6.07) is 6.48. The van der Waals surface area contributed by atoms with Gasteiger partial charge in [0.1, 0.15) is 8.24 Å².